The highest BCUT2D eigenvalue weighted by atomic mass is 32.1. The number of guanidine groups is 1. The molecule has 72 heavy (non-hydrogen) atoms. The van der Waals surface area contributed by atoms with Gasteiger partial charge in [0, 0.05) is 31.0 Å². The summed E-state index contributed by atoms with van der Waals surface area (Å²) in [5.74, 6) is -11.2. The summed E-state index contributed by atoms with van der Waals surface area (Å²) in [5.41, 5.74) is 33.2. The molecule has 27 nitrogen and oxygen atoms in total. The molecule has 0 aromatic heterocycles. The van der Waals surface area contributed by atoms with Gasteiger partial charge in [-0.25, -0.2) is 4.79 Å². The standard InChI is InChI=1S/C43H77N15O12S2/c1-21(2)17-28(55-34(61)23(45)19-71)41(68)58-16-8-11-30(58)39(66)54-27(18-32(47)60)38(65)52-26(12-13-31(46)59)37(64)57-33(22(3)4)40(67)53-24(9-5-6-14-44)35(62)51-25(10-7-15-50-43(48)49)36(63)56-29(20-72)42(69)70/h21-30,33,71-72H,5-20,44-45H2,1-4H3,(H2,46,59)(H2,47,60)(H,51,62)(H,52,65)(H,53,67)(H,54,66)(H,55,61)(H,56,63)(H,57,64)(H,69,70)(H4,48,49,50)/t23-,24-,25-,26-,27-,28-,29-,30-,33-/m0/s1. The van der Waals surface area contributed by atoms with Crippen LogP contribution in [0.15, 0.2) is 4.99 Å². The molecular weight excluding hydrogens is 983 g/mol. The van der Waals surface area contributed by atoms with Crippen LogP contribution in [0, 0.1) is 11.8 Å². The number of carbonyl (C=O) groups excluding carboxylic acids is 10. The molecule has 0 bridgehead atoms. The summed E-state index contributed by atoms with van der Waals surface area (Å²) in [6.45, 7) is 7.21. The van der Waals surface area contributed by atoms with Crippen molar-refractivity contribution in [1.82, 2.24) is 42.1 Å². The minimum atomic E-state index is -1.71. The van der Waals surface area contributed by atoms with Gasteiger partial charge in [-0.3, -0.25) is 52.9 Å². The maximum atomic E-state index is 14.0. The zero-order chi connectivity index (χ0) is 54.8. The Labute approximate surface area is 429 Å². The fraction of sp³-hybridized carbons (Fsp3) is 0.721. The molecule has 9 atom stereocenters. The van der Waals surface area contributed by atoms with Gasteiger partial charge >= 0.3 is 5.97 Å². The summed E-state index contributed by atoms with van der Waals surface area (Å²) in [6, 6.07) is -12.0. The van der Waals surface area contributed by atoms with E-state index in [-0.39, 0.29) is 75.1 Å². The number of nitrogens with zero attached hydrogens (tertiary/aromatic N) is 2. The minimum Gasteiger partial charge on any atom is -0.480 e. The van der Waals surface area contributed by atoms with Gasteiger partial charge in [-0.05, 0) is 76.2 Å². The van der Waals surface area contributed by atoms with Crippen molar-refractivity contribution >= 4 is 96.3 Å². The Morgan fingerprint density at radius 1 is 0.639 bits per heavy atom. The Morgan fingerprint density at radius 2 is 1.17 bits per heavy atom. The number of hydrogen-bond acceptors (Lipinski definition) is 16. The summed E-state index contributed by atoms with van der Waals surface area (Å²) in [4.78, 5) is 151. The van der Waals surface area contributed by atoms with E-state index in [2.05, 4.69) is 67.5 Å². The summed E-state index contributed by atoms with van der Waals surface area (Å²) in [6.07, 6.45) is -0.0655. The third-order valence-electron chi connectivity index (χ3n) is 11.2. The van der Waals surface area contributed by atoms with E-state index < -0.39 is 145 Å². The lowest BCUT2D eigenvalue weighted by atomic mass is 10.00. The van der Waals surface area contributed by atoms with E-state index in [9.17, 15) is 57.8 Å². The third kappa shape index (κ3) is 23.1. The van der Waals surface area contributed by atoms with Gasteiger partial charge in [0.05, 0.1) is 12.5 Å². The summed E-state index contributed by atoms with van der Waals surface area (Å²) in [7, 11) is 0. The first-order chi connectivity index (χ1) is 33.8. The van der Waals surface area contributed by atoms with Crippen LogP contribution in [0.5, 0.6) is 0 Å². The lowest BCUT2D eigenvalue weighted by molar-refractivity contribution is -0.143. The number of likely N-dealkylation sites (tertiary alicyclic amines) is 1. The van der Waals surface area contributed by atoms with Crippen molar-refractivity contribution in [3.8, 4) is 0 Å². The second-order valence-corrected chi connectivity index (χ2v) is 18.9. The van der Waals surface area contributed by atoms with Crippen LogP contribution in [0.4, 0.5) is 0 Å². The highest BCUT2D eigenvalue weighted by Crippen LogP contribution is 2.21. The van der Waals surface area contributed by atoms with Crippen molar-refractivity contribution in [1.29, 1.82) is 0 Å². The molecule has 10 amide bonds. The molecule has 1 heterocycles. The molecule has 29 heteroatoms. The second-order valence-electron chi connectivity index (χ2n) is 18.1. The Hall–Kier alpha value is -5.94. The number of rotatable bonds is 34. The van der Waals surface area contributed by atoms with E-state index in [0.29, 0.717) is 19.3 Å². The fourth-order valence-corrected chi connectivity index (χ4v) is 7.79. The molecule has 1 aliphatic rings. The zero-order valence-corrected chi connectivity index (χ0v) is 43.1. The highest BCUT2D eigenvalue weighted by molar-refractivity contribution is 7.80. The average molecular weight is 1060 g/mol. The van der Waals surface area contributed by atoms with E-state index in [1.54, 1.807) is 13.8 Å². The van der Waals surface area contributed by atoms with Gasteiger partial charge < -0.3 is 81.6 Å². The van der Waals surface area contributed by atoms with E-state index >= 15 is 0 Å². The molecule has 408 valence electrons. The number of carbonyl (C=O) groups is 11. The van der Waals surface area contributed by atoms with Crippen LogP contribution in [-0.4, -0.2) is 167 Å². The topological polar surface area (TPSA) is 464 Å². The predicted octanol–water partition coefficient (Wildman–Crippen LogP) is -5.33. The monoisotopic (exact) mass is 1060 g/mol. The van der Waals surface area contributed by atoms with E-state index in [1.807, 2.05) is 13.8 Å². The fourth-order valence-electron chi connectivity index (χ4n) is 7.38. The second kappa shape index (κ2) is 32.9. The molecule has 1 saturated heterocycles. The molecular formula is C43H77N15O12S2. The summed E-state index contributed by atoms with van der Waals surface area (Å²) < 4.78 is 0. The van der Waals surface area contributed by atoms with Crippen LogP contribution in [0.3, 0.4) is 0 Å². The molecule has 20 N–H and O–H groups in total. The molecule has 0 aromatic rings. The maximum absolute atomic E-state index is 14.0. The van der Waals surface area contributed by atoms with Gasteiger partial charge in [-0.15, -0.1) is 0 Å². The van der Waals surface area contributed by atoms with Gasteiger partial charge in [0.1, 0.15) is 48.3 Å². The first kappa shape index (κ1) is 64.1. The van der Waals surface area contributed by atoms with E-state index in [4.69, 9.17) is 34.4 Å². The molecule has 0 saturated carbocycles. The van der Waals surface area contributed by atoms with Crippen molar-refractivity contribution in [2.75, 3.05) is 31.1 Å². The van der Waals surface area contributed by atoms with Crippen LogP contribution in [0.2, 0.25) is 0 Å². The van der Waals surface area contributed by atoms with E-state index in [0.717, 1.165) is 0 Å². The number of carboxylic acids is 1. The number of nitrogens with one attached hydrogen (secondary N) is 7. The summed E-state index contributed by atoms with van der Waals surface area (Å²) in [5, 5.41) is 27.0. The Balaban J connectivity index is 3.44. The molecule has 0 aliphatic carbocycles. The van der Waals surface area contributed by atoms with Crippen molar-refractivity contribution in [2.24, 2.45) is 51.2 Å². The van der Waals surface area contributed by atoms with Gasteiger partial charge in [0.15, 0.2) is 5.96 Å². The number of hydrogen-bond donors (Lipinski definition) is 16. The number of thiol groups is 2. The number of primary amides is 2. The van der Waals surface area contributed by atoms with E-state index in [1.165, 1.54) is 4.90 Å². The van der Waals surface area contributed by atoms with Crippen LogP contribution >= 0.6 is 25.3 Å². The van der Waals surface area contributed by atoms with Crippen molar-refractivity contribution in [3.05, 3.63) is 0 Å². The Bertz CT molecular complexity index is 1930. The predicted molar refractivity (Wildman–Crippen MR) is 271 cm³/mol. The van der Waals surface area contributed by atoms with Gasteiger partial charge in [-0.1, -0.05) is 27.7 Å². The van der Waals surface area contributed by atoms with Crippen molar-refractivity contribution in [2.45, 2.75) is 153 Å². The van der Waals surface area contributed by atoms with Crippen LogP contribution in [0.1, 0.15) is 98.3 Å². The first-order valence-electron chi connectivity index (χ1n) is 23.7. The quantitative estimate of drug-likeness (QED) is 0.0124. The van der Waals surface area contributed by atoms with Gasteiger partial charge in [-0.2, -0.15) is 25.3 Å². The first-order valence-corrected chi connectivity index (χ1v) is 25.0. The van der Waals surface area contributed by atoms with Crippen molar-refractivity contribution < 1.29 is 57.8 Å². The van der Waals surface area contributed by atoms with Gasteiger partial charge in [0.2, 0.25) is 59.1 Å². The number of amides is 10. The number of aliphatic carboxylic acids is 1. The average Bonchev–Trinajstić information content (AvgIpc) is 3.80. The van der Waals surface area contributed by atoms with Crippen molar-refractivity contribution in [3.63, 3.8) is 0 Å². The highest BCUT2D eigenvalue weighted by Gasteiger charge is 2.40. The number of nitrogens with two attached hydrogens (primary N) is 6. The molecule has 0 unspecified atom stereocenters. The van der Waals surface area contributed by atoms with Gasteiger partial charge in [0.25, 0.3) is 0 Å². The molecule has 1 rings (SSSR count). The number of carboxylic acid groups (broad SMARTS) is 1. The Kier molecular flexibility index (Phi) is 29.3. The normalized spacial score (nSPS) is 16.6. The SMILES string of the molecule is CC(C)C[C@H](NC(=O)[C@@H](N)CS)C(=O)N1CCC[C@H]1C(=O)N[C@@H](CC(N)=O)C(=O)N[C@@H](CCC(N)=O)C(=O)N[C@H](C(=O)N[C@@H](CCCCN)C(=O)N[C@@H](CCCN=C(N)N)C(=O)N[C@@H](CS)C(=O)O)C(C)C. The lowest BCUT2D eigenvalue weighted by Gasteiger charge is -2.31. The minimum absolute atomic E-state index is 0.00151. The molecule has 0 radical (unpaired) electrons. The van der Waals surface area contributed by atoms with Crippen LogP contribution < -0.4 is 71.6 Å². The molecule has 1 fully saturated rings. The Morgan fingerprint density at radius 3 is 1.67 bits per heavy atom. The van der Waals surface area contributed by atoms with Crippen LogP contribution in [0.25, 0.3) is 0 Å². The number of aliphatic imine (C=N–C) groups is 1. The smallest absolute Gasteiger partial charge is 0.327 e. The zero-order valence-electron chi connectivity index (χ0n) is 41.4. The molecule has 0 spiro atoms. The maximum Gasteiger partial charge on any atom is 0.327 e. The summed E-state index contributed by atoms with van der Waals surface area (Å²) >= 11 is 8.02. The lowest BCUT2D eigenvalue weighted by Crippen LogP contribution is -2.61. The van der Waals surface area contributed by atoms with Crippen LogP contribution in [-0.2, 0) is 52.7 Å². The molecule has 0 aromatic carbocycles. The third-order valence-corrected chi connectivity index (χ3v) is 12.0. The number of unbranched alkanes of at least 4 members (excludes halogenated alkanes) is 1. The largest absolute Gasteiger partial charge is 0.480 e. The molecule has 1 aliphatic heterocycles.